The first-order chi connectivity index (χ1) is 10.1. The molecule has 1 atom stereocenters. The van der Waals surface area contributed by atoms with Gasteiger partial charge in [0.2, 0.25) is 0 Å². The quantitative estimate of drug-likeness (QED) is 0.860. The molecule has 2 aromatic heterocycles. The Morgan fingerprint density at radius 1 is 1.29 bits per heavy atom. The molecule has 0 radical (unpaired) electrons. The molecule has 112 valence electrons. The molecular formula is C14H18N4O2S. The fraction of sp³-hybridized carbons (Fsp3) is 0.571. The van der Waals surface area contributed by atoms with Gasteiger partial charge in [0, 0.05) is 24.7 Å². The Morgan fingerprint density at radius 3 is 3.00 bits per heavy atom. The van der Waals surface area contributed by atoms with Crippen LogP contribution in [0, 0.1) is 5.41 Å². The minimum atomic E-state index is -2.86. The Hall–Kier alpha value is -1.63. The molecule has 7 heteroatoms. The molecule has 2 aliphatic rings. The monoisotopic (exact) mass is 306 g/mol. The fourth-order valence-electron chi connectivity index (χ4n) is 3.80. The number of rotatable bonds is 1. The van der Waals surface area contributed by atoms with Crippen molar-refractivity contribution in [2.45, 2.75) is 19.3 Å². The van der Waals surface area contributed by atoms with E-state index in [2.05, 4.69) is 19.9 Å². The van der Waals surface area contributed by atoms with Crippen molar-refractivity contribution in [1.29, 1.82) is 0 Å². The number of sulfone groups is 1. The summed E-state index contributed by atoms with van der Waals surface area (Å²) in [5.41, 5.74) is 0.753. The molecule has 0 aliphatic carbocycles. The van der Waals surface area contributed by atoms with Gasteiger partial charge in [0.25, 0.3) is 0 Å². The van der Waals surface area contributed by atoms with Gasteiger partial charge in [-0.05, 0) is 25.3 Å². The molecule has 0 unspecified atom stereocenters. The van der Waals surface area contributed by atoms with E-state index in [1.807, 2.05) is 12.3 Å². The van der Waals surface area contributed by atoms with E-state index in [0.29, 0.717) is 11.5 Å². The highest BCUT2D eigenvalue weighted by Crippen LogP contribution is 2.41. The maximum Gasteiger partial charge on any atom is 0.150 e. The van der Waals surface area contributed by atoms with Crippen LogP contribution in [0.3, 0.4) is 0 Å². The van der Waals surface area contributed by atoms with Gasteiger partial charge in [-0.25, -0.2) is 18.4 Å². The molecule has 21 heavy (non-hydrogen) atoms. The minimum Gasteiger partial charge on any atom is -0.355 e. The highest BCUT2D eigenvalue weighted by atomic mass is 32.2. The summed E-state index contributed by atoms with van der Waals surface area (Å²) in [6, 6.07) is 1.98. The lowest BCUT2D eigenvalue weighted by Crippen LogP contribution is -2.44. The van der Waals surface area contributed by atoms with E-state index < -0.39 is 9.84 Å². The van der Waals surface area contributed by atoms with E-state index in [1.54, 1.807) is 6.33 Å². The SMILES string of the molecule is O=S1(=O)CC[C@@]2(CCCN(c3ncnc4[nH]ccc34)C2)C1. The summed E-state index contributed by atoms with van der Waals surface area (Å²) in [4.78, 5) is 14.0. The smallest absolute Gasteiger partial charge is 0.150 e. The maximum atomic E-state index is 11.9. The van der Waals surface area contributed by atoms with Gasteiger partial charge in [-0.15, -0.1) is 0 Å². The standard InChI is InChI=1S/C14H18N4O2S/c19-21(20)7-4-14(9-21)3-1-6-18(8-14)13-11-2-5-15-12(11)16-10-17-13/h2,5,10H,1,3-4,6-9H2,(H,15,16,17)/t14-/m1/s1. The van der Waals surface area contributed by atoms with E-state index >= 15 is 0 Å². The molecule has 2 aromatic rings. The first-order valence-electron chi connectivity index (χ1n) is 7.31. The number of piperidine rings is 1. The van der Waals surface area contributed by atoms with Crippen LogP contribution in [0.5, 0.6) is 0 Å². The van der Waals surface area contributed by atoms with Crippen LogP contribution < -0.4 is 4.90 Å². The molecule has 0 bridgehead atoms. The van der Waals surface area contributed by atoms with Crippen molar-refractivity contribution in [3.8, 4) is 0 Å². The second kappa shape index (κ2) is 4.43. The first kappa shape index (κ1) is 13.1. The van der Waals surface area contributed by atoms with E-state index in [0.717, 1.165) is 49.2 Å². The predicted molar refractivity (Wildman–Crippen MR) is 81.0 cm³/mol. The number of nitrogens with zero attached hydrogens (tertiary/aromatic N) is 3. The van der Waals surface area contributed by atoms with Crippen LogP contribution in [0.1, 0.15) is 19.3 Å². The highest BCUT2D eigenvalue weighted by Gasteiger charge is 2.45. The van der Waals surface area contributed by atoms with Crippen molar-refractivity contribution < 1.29 is 8.42 Å². The van der Waals surface area contributed by atoms with Crippen molar-refractivity contribution >= 4 is 26.7 Å². The third kappa shape index (κ3) is 2.19. The van der Waals surface area contributed by atoms with Crippen LogP contribution >= 0.6 is 0 Å². The van der Waals surface area contributed by atoms with E-state index in [-0.39, 0.29) is 5.41 Å². The zero-order chi connectivity index (χ0) is 14.5. The van der Waals surface area contributed by atoms with Crippen molar-refractivity contribution in [2.24, 2.45) is 5.41 Å². The summed E-state index contributed by atoms with van der Waals surface area (Å²) >= 11 is 0. The van der Waals surface area contributed by atoms with Gasteiger partial charge in [0.1, 0.15) is 17.8 Å². The van der Waals surface area contributed by atoms with E-state index in [1.165, 1.54) is 0 Å². The number of nitrogens with one attached hydrogen (secondary N) is 1. The number of hydrogen-bond acceptors (Lipinski definition) is 5. The summed E-state index contributed by atoms with van der Waals surface area (Å²) in [6.45, 7) is 1.71. The summed E-state index contributed by atoms with van der Waals surface area (Å²) in [5.74, 6) is 1.59. The lowest BCUT2D eigenvalue weighted by Gasteiger charge is -2.40. The highest BCUT2D eigenvalue weighted by molar-refractivity contribution is 7.91. The number of fused-ring (bicyclic) bond motifs is 1. The second-order valence-electron chi connectivity index (χ2n) is 6.30. The van der Waals surface area contributed by atoms with Crippen molar-refractivity contribution in [3.63, 3.8) is 0 Å². The first-order valence-corrected chi connectivity index (χ1v) is 9.13. The summed E-state index contributed by atoms with van der Waals surface area (Å²) < 4.78 is 23.7. The molecule has 2 aliphatic heterocycles. The van der Waals surface area contributed by atoms with Crippen LogP contribution in [0.4, 0.5) is 5.82 Å². The van der Waals surface area contributed by atoms with Gasteiger partial charge in [0.15, 0.2) is 9.84 Å². The van der Waals surface area contributed by atoms with E-state index in [9.17, 15) is 8.42 Å². The van der Waals surface area contributed by atoms with Crippen molar-refractivity contribution in [3.05, 3.63) is 18.6 Å². The van der Waals surface area contributed by atoms with Crippen LogP contribution in [0.25, 0.3) is 11.0 Å². The lowest BCUT2D eigenvalue weighted by atomic mass is 9.79. The summed E-state index contributed by atoms with van der Waals surface area (Å²) in [7, 11) is -2.86. The van der Waals surface area contributed by atoms with Gasteiger partial charge in [-0.3, -0.25) is 0 Å². The van der Waals surface area contributed by atoms with Gasteiger partial charge < -0.3 is 9.88 Å². The lowest BCUT2D eigenvalue weighted by molar-refractivity contribution is 0.269. The zero-order valence-electron chi connectivity index (χ0n) is 11.7. The van der Waals surface area contributed by atoms with Crippen LogP contribution in [0.15, 0.2) is 18.6 Å². The molecule has 1 spiro atoms. The second-order valence-corrected chi connectivity index (χ2v) is 8.49. The summed E-state index contributed by atoms with van der Waals surface area (Å²) in [6.07, 6.45) is 6.24. The molecule has 1 N–H and O–H groups in total. The van der Waals surface area contributed by atoms with Crippen molar-refractivity contribution in [2.75, 3.05) is 29.5 Å². The fourth-order valence-corrected chi connectivity index (χ4v) is 6.01. The molecule has 0 aromatic carbocycles. The van der Waals surface area contributed by atoms with Crippen LogP contribution in [0.2, 0.25) is 0 Å². The van der Waals surface area contributed by atoms with Gasteiger partial charge >= 0.3 is 0 Å². The molecule has 4 heterocycles. The zero-order valence-corrected chi connectivity index (χ0v) is 12.6. The Morgan fingerprint density at radius 2 is 2.19 bits per heavy atom. The van der Waals surface area contributed by atoms with Gasteiger partial charge in [-0.2, -0.15) is 0 Å². The number of anilines is 1. The predicted octanol–water partition coefficient (Wildman–Crippen LogP) is 1.36. The van der Waals surface area contributed by atoms with Gasteiger partial charge in [0.05, 0.1) is 16.9 Å². The Balaban J connectivity index is 1.69. The van der Waals surface area contributed by atoms with Gasteiger partial charge in [-0.1, -0.05) is 0 Å². The largest absolute Gasteiger partial charge is 0.355 e. The average Bonchev–Trinajstić information content (AvgIpc) is 3.03. The number of hydrogen-bond donors (Lipinski definition) is 1. The number of H-pyrrole nitrogens is 1. The third-order valence-electron chi connectivity index (χ3n) is 4.76. The normalized spacial score (nSPS) is 28.5. The van der Waals surface area contributed by atoms with Crippen molar-refractivity contribution in [1.82, 2.24) is 15.0 Å². The number of aromatic amines is 1. The number of aromatic nitrogens is 3. The van der Waals surface area contributed by atoms with Crippen LogP contribution in [-0.2, 0) is 9.84 Å². The third-order valence-corrected chi connectivity index (χ3v) is 6.64. The molecular weight excluding hydrogens is 288 g/mol. The Labute approximate surface area is 123 Å². The van der Waals surface area contributed by atoms with Crippen LogP contribution in [-0.4, -0.2) is 48.0 Å². The molecule has 0 amide bonds. The average molecular weight is 306 g/mol. The molecule has 4 rings (SSSR count). The topological polar surface area (TPSA) is 79.0 Å². The minimum absolute atomic E-state index is 0.0787. The van der Waals surface area contributed by atoms with E-state index in [4.69, 9.17) is 0 Å². The Bertz CT molecular complexity index is 785. The molecule has 2 fully saturated rings. The molecule has 2 saturated heterocycles. The molecule has 0 saturated carbocycles. The Kier molecular flexibility index (Phi) is 2.76. The molecule has 6 nitrogen and oxygen atoms in total. The maximum absolute atomic E-state index is 11.9. The summed E-state index contributed by atoms with van der Waals surface area (Å²) in [5, 5.41) is 1.01.